The summed E-state index contributed by atoms with van der Waals surface area (Å²) < 4.78 is 50.5. The van der Waals surface area contributed by atoms with Gasteiger partial charge in [0.25, 0.3) is 0 Å². The number of halogens is 4. The molecule has 0 atom stereocenters. The molecule has 1 N–H and O–H groups in total. The Morgan fingerprint density at radius 1 is 1.24 bits per heavy atom. The van der Waals surface area contributed by atoms with Crippen molar-refractivity contribution in [1.82, 2.24) is 5.32 Å². The standard InChI is InChI=1S/C12H13F4N/c13-11-4-3-10(12(14,15)16)5-9(11)7-17-6-8-1-2-8/h3-5,8,17H,1-2,6-7H2. The van der Waals surface area contributed by atoms with Crippen molar-refractivity contribution < 1.29 is 17.6 Å². The van der Waals surface area contributed by atoms with Crippen LogP contribution in [0.2, 0.25) is 0 Å². The second kappa shape index (κ2) is 4.64. The first kappa shape index (κ1) is 12.4. The maximum atomic E-state index is 13.3. The first-order valence-corrected chi connectivity index (χ1v) is 5.53. The number of rotatable bonds is 4. The molecule has 0 aromatic heterocycles. The lowest BCUT2D eigenvalue weighted by atomic mass is 10.1. The van der Waals surface area contributed by atoms with Crippen LogP contribution in [-0.2, 0) is 12.7 Å². The highest BCUT2D eigenvalue weighted by molar-refractivity contribution is 5.27. The van der Waals surface area contributed by atoms with Crippen LogP contribution in [0.15, 0.2) is 18.2 Å². The second-order valence-corrected chi connectivity index (χ2v) is 4.38. The fraction of sp³-hybridized carbons (Fsp3) is 0.500. The Kier molecular flexibility index (Phi) is 3.38. The van der Waals surface area contributed by atoms with Gasteiger partial charge in [-0.2, -0.15) is 13.2 Å². The lowest BCUT2D eigenvalue weighted by Crippen LogP contribution is -2.17. The van der Waals surface area contributed by atoms with Gasteiger partial charge in [-0.25, -0.2) is 4.39 Å². The Balaban J connectivity index is 2.03. The van der Waals surface area contributed by atoms with E-state index in [0.717, 1.165) is 37.6 Å². The van der Waals surface area contributed by atoms with Crippen molar-refractivity contribution in [3.63, 3.8) is 0 Å². The summed E-state index contributed by atoms with van der Waals surface area (Å²) in [4.78, 5) is 0. The van der Waals surface area contributed by atoms with Gasteiger partial charge in [-0.3, -0.25) is 0 Å². The largest absolute Gasteiger partial charge is 0.416 e. The van der Waals surface area contributed by atoms with Crippen molar-refractivity contribution >= 4 is 0 Å². The fourth-order valence-electron chi connectivity index (χ4n) is 1.62. The Hall–Kier alpha value is -1.10. The van der Waals surface area contributed by atoms with E-state index < -0.39 is 17.6 Å². The number of hydrogen-bond donors (Lipinski definition) is 1. The van der Waals surface area contributed by atoms with Crippen LogP contribution < -0.4 is 5.32 Å². The van der Waals surface area contributed by atoms with E-state index in [1.54, 1.807) is 0 Å². The van der Waals surface area contributed by atoms with Crippen LogP contribution in [0.1, 0.15) is 24.0 Å². The maximum absolute atomic E-state index is 13.3. The molecule has 0 saturated heterocycles. The summed E-state index contributed by atoms with van der Waals surface area (Å²) in [7, 11) is 0. The zero-order valence-corrected chi connectivity index (χ0v) is 9.15. The van der Waals surface area contributed by atoms with Crippen LogP contribution in [0.4, 0.5) is 17.6 Å². The normalized spacial score (nSPS) is 16.2. The molecule has 1 aromatic carbocycles. The number of hydrogen-bond acceptors (Lipinski definition) is 1. The molecule has 1 fully saturated rings. The molecule has 0 unspecified atom stereocenters. The van der Waals surface area contributed by atoms with Crippen LogP contribution in [0.5, 0.6) is 0 Å². The summed E-state index contributed by atoms with van der Waals surface area (Å²) in [6.07, 6.45) is -2.12. The SMILES string of the molecule is Fc1ccc(C(F)(F)F)cc1CNCC1CC1. The van der Waals surface area contributed by atoms with E-state index in [9.17, 15) is 17.6 Å². The van der Waals surface area contributed by atoms with Crippen molar-refractivity contribution in [3.05, 3.63) is 35.1 Å². The molecule has 0 aliphatic heterocycles. The number of benzene rings is 1. The molecule has 1 aliphatic rings. The average Bonchev–Trinajstić information content (AvgIpc) is 3.03. The molecule has 1 saturated carbocycles. The Labute approximate surface area is 96.8 Å². The van der Waals surface area contributed by atoms with Crippen LogP contribution in [-0.4, -0.2) is 6.54 Å². The molecule has 0 amide bonds. The van der Waals surface area contributed by atoms with Gasteiger partial charge in [-0.1, -0.05) is 0 Å². The van der Waals surface area contributed by atoms with Gasteiger partial charge in [-0.15, -0.1) is 0 Å². The van der Waals surface area contributed by atoms with Crippen molar-refractivity contribution in [2.75, 3.05) is 6.54 Å². The first-order valence-electron chi connectivity index (χ1n) is 5.53. The summed E-state index contributed by atoms with van der Waals surface area (Å²) in [5.74, 6) is 0.0187. The van der Waals surface area contributed by atoms with Gasteiger partial charge in [0.1, 0.15) is 5.82 Å². The van der Waals surface area contributed by atoms with E-state index in [1.165, 1.54) is 0 Å². The van der Waals surface area contributed by atoms with E-state index >= 15 is 0 Å². The third kappa shape index (κ3) is 3.43. The topological polar surface area (TPSA) is 12.0 Å². The zero-order valence-electron chi connectivity index (χ0n) is 9.15. The predicted octanol–water partition coefficient (Wildman–Crippen LogP) is 3.34. The highest BCUT2D eigenvalue weighted by atomic mass is 19.4. The lowest BCUT2D eigenvalue weighted by Gasteiger charge is -2.10. The molecule has 17 heavy (non-hydrogen) atoms. The molecule has 0 radical (unpaired) electrons. The smallest absolute Gasteiger partial charge is 0.312 e. The van der Waals surface area contributed by atoms with Gasteiger partial charge in [0.15, 0.2) is 0 Å². The van der Waals surface area contributed by atoms with Crippen molar-refractivity contribution in [2.45, 2.75) is 25.6 Å². The quantitative estimate of drug-likeness (QED) is 0.804. The number of nitrogens with one attached hydrogen (secondary N) is 1. The molecule has 0 spiro atoms. The molecular formula is C12H13F4N. The monoisotopic (exact) mass is 247 g/mol. The highest BCUT2D eigenvalue weighted by Crippen LogP contribution is 2.30. The van der Waals surface area contributed by atoms with Gasteiger partial charge in [0.2, 0.25) is 0 Å². The highest BCUT2D eigenvalue weighted by Gasteiger charge is 2.31. The second-order valence-electron chi connectivity index (χ2n) is 4.38. The number of alkyl halides is 3. The molecular weight excluding hydrogens is 234 g/mol. The van der Waals surface area contributed by atoms with E-state index in [4.69, 9.17) is 0 Å². The fourth-order valence-corrected chi connectivity index (χ4v) is 1.62. The minimum atomic E-state index is -4.42. The van der Waals surface area contributed by atoms with Crippen LogP contribution >= 0.6 is 0 Å². The minimum absolute atomic E-state index is 0.0699. The van der Waals surface area contributed by atoms with Crippen LogP contribution in [0.3, 0.4) is 0 Å². The van der Waals surface area contributed by atoms with Crippen molar-refractivity contribution in [2.24, 2.45) is 5.92 Å². The summed E-state index contributed by atoms with van der Waals surface area (Å²) in [5.41, 5.74) is -0.734. The zero-order chi connectivity index (χ0) is 12.5. The van der Waals surface area contributed by atoms with Gasteiger partial charge >= 0.3 is 6.18 Å². The molecule has 2 rings (SSSR count). The third-order valence-electron chi connectivity index (χ3n) is 2.82. The van der Waals surface area contributed by atoms with Crippen LogP contribution in [0.25, 0.3) is 0 Å². The molecule has 1 aliphatic carbocycles. The molecule has 0 bridgehead atoms. The van der Waals surface area contributed by atoms with E-state index in [-0.39, 0.29) is 12.1 Å². The van der Waals surface area contributed by atoms with Gasteiger partial charge in [0.05, 0.1) is 5.56 Å². The summed E-state index contributed by atoms with van der Waals surface area (Å²) in [6, 6.07) is 2.51. The molecule has 94 valence electrons. The minimum Gasteiger partial charge on any atom is -0.312 e. The molecule has 1 aromatic rings. The Bertz CT molecular complexity index is 396. The average molecular weight is 247 g/mol. The summed E-state index contributed by atoms with van der Waals surface area (Å²) in [6.45, 7) is 0.891. The van der Waals surface area contributed by atoms with E-state index in [1.807, 2.05) is 0 Å². The van der Waals surface area contributed by atoms with Crippen LogP contribution in [0, 0.1) is 11.7 Å². The first-order chi connectivity index (χ1) is 7.97. The molecule has 0 heterocycles. The van der Waals surface area contributed by atoms with E-state index in [0.29, 0.717) is 5.92 Å². The van der Waals surface area contributed by atoms with Crippen molar-refractivity contribution in [3.8, 4) is 0 Å². The molecule has 5 heteroatoms. The van der Waals surface area contributed by atoms with Gasteiger partial charge in [0, 0.05) is 12.1 Å². The summed E-state index contributed by atoms with van der Waals surface area (Å²) >= 11 is 0. The van der Waals surface area contributed by atoms with Crippen molar-refractivity contribution in [1.29, 1.82) is 0 Å². The van der Waals surface area contributed by atoms with E-state index in [2.05, 4.69) is 5.32 Å². The predicted molar refractivity (Wildman–Crippen MR) is 55.8 cm³/mol. The maximum Gasteiger partial charge on any atom is 0.416 e. The molecule has 1 nitrogen and oxygen atoms in total. The third-order valence-corrected chi connectivity index (χ3v) is 2.82. The van der Waals surface area contributed by atoms with Gasteiger partial charge in [-0.05, 0) is 43.5 Å². The van der Waals surface area contributed by atoms with Gasteiger partial charge < -0.3 is 5.32 Å². The Morgan fingerprint density at radius 2 is 1.94 bits per heavy atom. The lowest BCUT2D eigenvalue weighted by molar-refractivity contribution is -0.137. The summed E-state index contributed by atoms with van der Waals surface area (Å²) in [5, 5.41) is 2.98. The Morgan fingerprint density at radius 3 is 2.53 bits per heavy atom.